The molecule has 20 heavy (non-hydrogen) atoms. The number of allylic oxidation sites excluding steroid dienone is 6. The van der Waals surface area contributed by atoms with E-state index >= 15 is 0 Å². The molecule has 0 aromatic heterocycles. The SMILES string of the molecule is C/C=C\CCCC(CC(CC)CCN)C1C=CC=CC1. The van der Waals surface area contributed by atoms with Crippen LogP contribution >= 0.6 is 0 Å². The number of hydrogen-bond donors (Lipinski definition) is 1. The van der Waals surface area contributed by atoms with E-state index in [9.17, 15) is 0 Å². The molecule has 1 aliphatic rings. The Bertz CT molecular complexity index is 314. The van der Waals surface area contributed by atoms with Crippen molar-refractivity contribution in [2.24, 2.45) is 23.5 Å². The van der Waals surface area contributed by atoms with E-state index in [0.29, 0.717) is 0 Å². The van der Waals surface area contributed by atoms with Crippen LogP contribution in [0.1, 0.15) is 58.8 Å². The second-order valence-corrected chi connectivity index (χ2v) is 6.06. The van der Waals surface area contributed by atoms with Crippen LogP contribution in [0.3, 0.4) is 0 Å². The maximum atomic E-state index is 5.76. The molecular formula is C19H33N. The van der Waals surface area contributed by atoms with E-state index in [0.717, 1.165) is 24.3 Å². The summed E-state index contributed by atoms with van der Waals surface area (Å²) in [6, 6.07) is 0. The molecule has 0 spiro atoms. The quantitative estimate of drug-likeness (QED) is 0.428. The average Bonchev–Trinajstić information content (AvgIpc) is 2.50. The second-order valence-electron chi connectivity index (χ2n) is 6.06. The Balaban J connectivity index is 2.53. The number of hydrogen-bond acceptors (Lipinski definition) is 1. The van der Waals surface area contributed by atoms with Crippen molar-refractivity contribution in [1.82, 2.24) is 0 Å². The normalized spacial score (nSPS) is 21.4. The van der Waals surface area contributed by atoms with Gasteiger partial charge < -0.3 is 5.73 Å². The maximum absolute atomic E-state index is 5.76. The monoisotopic (exact) mass is 275 g/mol. The molecule has 0 aromatic rings. The molecule has 3 unspecified atom stereocenters. The molecule has 114 valence electrons. The predicted molar refractivity (Wildman–Crippen MR) is 90.6 cm³/mol. The lowest BCUT2D eigenvalue weighted by Gasteiger charge is -2.29. The Kier molecular flexibility index (Phi) is 9.40. The number of rotatable bonds is 10. The minimum absolute atomic E-state index is 0.748. The third-order valence-electron chi connectivity index (χ3n) is 4.59. The summed E-state index contributed by atoms with van der Waals surface area (Å²) < 4.78 is 0. The first-order valence-corrected chi connectivity index (χ1v) is 8.46. The number of nitrogens with two attached hydrogens (primary N) is 1. The lowest BCUT2D eigenvalue weighted by atomic mass is 9.77. The average molecular weight is 275 g/mol. The van der Waals surface area contributed by atoms with Crippen LogP contribution in [0.5, 0.6) is 0 Å². The Labute approximate surface area is 126 Å². The van der Waals surface area contributed by atoms with E-state index in [1.165, 1.54) is 44.9 Å². The van der Waals surface area contributed by atoms with Gasteiger partial charge >= 0.3 is 0 Å². The Morgan fingerprint density at radius 2 is 2.15 bits per heavy atom. The van der Waals surface area contributed by atoms with Gasteiger partial charge in [0.25, 0.3) is 0 Å². The van der Waals surface area contributed by atoms with Gasteiger partial charge in [-0.25, -0.2) is 0 Å². The fourth-order valence-corrected chi connectivity index (χ4v) is 3.27. The van der Waals surface area contributed by atoms with Crippen LogP contribution in [0.2, 0.25) is 0 Å². The molecule has 0 fully saturated rings. The van der Waals surface area contributed by atoms with Crippen molar-refractivity contribution in [3.63, 3.8) is 0 Å². The topological polar surface area (TPSA) is 26.0 Å². The van der Waals surface area contributed by atoms with Crippen LogP contribution in [0.4, 0.5) is 0 Å². The zero-order chi connectivity index (χ0) is 14.6. The Morgan fingerprint density at radius 3 is 2.75 bits per heavy atom. The molecule has 2 N–H and O–H groups in total. The van der Waals surface area contributed by atoms with Gasteiger partial charge in [0.2, 0.25) is 0 Å². The molecule has 1 heteroatoms. The van der Waals surface area contributed by atoms with Crippen molar-refractivity contribution in [3.05, 3.63) is 36.5 Å². The largest absolute Gasteiger partial charge is 0.330 e. The smallest absolute Gasteiger partial charge is 0.00746 e. The second kappa shape index (κ2) is 10.9. The first kappa shape index (κ1) is 17.2. The van der Waals surface area contributed by atoms with Gasteiger partial charge in [-0.15, -0.1) is 0 Å². The molecule has 0 heterocycles. The summed E-state index contributed by atoms with van der Waals surface area (Å²) >= 11 is 0. The molecule has 0 aliphatic heterocycles. The molecule has 1 aliphatic carbocycles. The van der Waals surface area contributed by atoms with E-state index in [-0.39, 0.29) is 0 Å². The van der Waals surface area contributed by atoms with Crippen molar-refractivity contribution in [1.29, 1.82) is 0 Å². The van der Waals surface area contributed by atoms with Gasteiger partial charge in [-0.1, -0.05) is 49.8 Å². The molecule has 1 nitrogen and oxygen atoms in total. The highest BCUT2D eigenvalue weighted by Crippen LogP contribution is 2.33. The van der Waals surface area contributed by atoms with Gasteiger partial charge in [0.05, 0.1) is 0 Å². The van der Waals surface area contributed by atoms with Crippen LogP contribution in [0.15, 0.2) is 36.5 Å². The summed E-state index contributed by atoms with van der Waals surface area (Å²) in [7, 11) is 0. The lowest BCUT2D eigenvalue weighted by Crippen LogP contribution is -2.19. The van der Waals surface area contributed by atoms with E-state index < -0.39 is 0 Å². The highest BCUT2D eigenvalue weighted by Gasteiger charge is 2.22. The van der Waals surface area contributed by atoms with Crippen molar-refractivity contribution < 1.29 is 0 Å². The zero-order valence-corrected chi connectivity index (χ0v) is 13.4. The summed E-state index contributed by atoms with van der Waals surface area (Å²) in [4.78, 5) is 0. The highest BCUT2D eigenvalue weighted by atomic mass is 14.5. The third-order valence-corrected chi connectivity index (χ3v) is 4.59. The molecule has 0 saturated heterocycles. The van der Waals surface area contributed by atoms with Crippen molar-refractivity contribution in [2.75, 3.05) is 6.54 Å². The van der Waals surface area contributed by atoms with E-state index in [1.54, 1.807) is 0 Å². The maximum Gasteiger partial charge on any atom is -0.00746 e. The van der Waals surface area contributed by atoms with Crippen molar-refractivity contribution >= 4 is 0 Å². The standard InChI is InChI=1S/C19H33N/c1-3-5-6-8-13-19(16-17(4-2)14-15-20)18-11-9-7-10-12-18/h3,5,7,9-11,17-19H,4,6,8,12-16,20H2,1-2H3/b5-3-. The lowest BCUT2D eigenvalue weighted by molar-refractivity contribution is 0.270. The van der Waals surface area contributed by atoms with Crippen molar-refractivity contribution in [2.45, 2.75) is 58.8 Å². The predicted octanol–water partition coefficient (Wildman–Crippen LogP) is 5.25. The Hall–Kier alpha value is -0.820. The Morgan fingerprint density at radius 1 is 1.30 bits per heavy atom. The van der Waals surface area contributed by atoms with E-state index in [4.69, 9.17) is 5.73 Å². The summed E-state index contributed by atoms with van der Waals surface area (Å²) in [5.74, 6) is 2.39. The fourth-order valence-electron chi connectivity index (χ4n) is 3.27. The summed E-state index contributed by atoms with van der Waals surface area (Å²) in [6.07, 6.45) is 22.6. The fraction of sp³-hybridized carbons (Fsp3) is 0.684. The molecule has 0 aromatic carbocycles. The molecule has 0 amide bonds. The first-order valence-electron chi connectivity index (χ1n) is 8.46. The minimum atomic E-state index is 0.748. The van der Waals surface area contributed by atoms with Crippen LogP contribution in [-0.2, 0) is 0 Å². The van der Waals surface area contributed by atoms with Gasteiger partial charge in [0.1, 0.15) is 0 Å². The van der Waals surface area contributed by atoms with Crippen LogP contribution in [0.25, 0.3) is 0 Å². The van der Waals surface area contributed by atoms with Gasteiger partial charge in [-0.3, -0.25) is 0 Å². The van der Waals surface area contributed by atoms with Gasteiger partial charge in [-0.05, 0) is 69.7 Å². The molecule has 0 bridgehead atoms. The molecule has 1 rings (SSSR count). The molecule has 0 saturated carbocycles. The van der Waals surface area contributed by atoms with Crippen LogP contribution < -0.4 is 5.73 Å². The van der Waals surface area contributed by atoms with Gasteiger partial charge in [0, 0.05) is 0 Å². The summed E-state index contributed by atoms with van der Waals surface area (Å²) in [5, 5.41) is 0. The van der Waals surface area contributed by atoms with Crippen molar-refractivity contribution in [3.8, 4) is 0 Å². The summed E-state index contributed by atoms with van der Waals surface area (Å²) in [6.45, 7) is 5.26. The third kappa shape index (κ3) is 6.56. The zero-order valence-electron chi connectivity index (χ0n) is 13.4. The summed E-state index contributed by atoms with van der Waals surface area (Å²) in [5.41, 5.74) is 5.76. The molecule has 3 atom stereocenters. The minimum Gasteiger partial charge on any atom is -0.330 e. The van der Waals surface area contributed by atoms with Crippen LogP contribution in [0, 0.1) is 17.8 Å². The van der Waals surface area contributed by atoms with Gasteiger partial charge in [-0.2, -0.15) is 0 Å². The molecule has 0 radical (unpaired) electrons. The van der Waals surface area contributed by atoms with Gasteiger partial charge in [0.15, 0.2) is 0 Å². The highest BCUT2D eigenvalue weighted by molar-refractivity contribution is 5.11. The first-order chi connectivity index (χ1) is 9.81. The number of unbranched alkanes of at least 4 members (excludes halogenated alkanes) is 1. The van der Waals surface area contributed by atoms with E-state index in [2.05, 4.69) is 50.3 Å². The molecular weight excluding hydrogens is 242 g/mol. The van der Waals surface area contributed by atoms with Crippen LogP contribution in [-0.4, -0.2) is 6.54 Å². The van der Waals surface area contributed by atoms with E-state index in [1.807, 2.05) is 0 Å².